The minimum Gasteiger partial charge on any atom is -0.304 e. The van der Waals surface area contributed by atoms with Gasteiger partial charge >= 0.3 is 0 Å². The fourth-order valence-electron chi connectivity index (χ4n) is 1.86. The van der Waals surface area contributed by atoms with Gasteiger partial charge in [0, 0.05) is 20.6 Å². The van der Waals surface area contributed by atoms with Crippen molar-refractivity contribution in [3.63, 3.8) is 0 Å². The number of benzene rings is 1. The molecule has 0 amide bonds. The summed E-state index contributed by atoms with van der Waals surface area (Å²) < 4.78 is 0.991. The van der Waals surface area contributed by atoms with E-state index in [4.69, 9.17) is 11.6 Å². The second-order valence-electron chi connectivity index (χ2n) is 4.38. The van der Waals surface area contributed by atoms with Crippen molar-refractivity contribution in [2.24, 2.45) is 0 Å². The Morgan fingerprint density at radius 1 is 1.47 bits per heavy atom. The van der Waals surface area contributed by atoms with E-state index in [9.17, 15) is 0 Å². The van der Waals surface area contributed by atoms with Gasteiger partial charge in [0.25, 0.3) is 0 Å². The van der Waals surface area contributed by atoms with Crippen LogP contribution in [-0.4, -0.2) is 11.5 Å². The summed E-state index contributed by atoms with van der Waals surface area (Å²) in [5, 5.41) is 7.42. The van der Waals surface area contributed by atoms with Gasteiger partial charge in [-0.1, -0.05) is 40.5 Å². The van der Waals surface area contributed by atoms with Crippen LogP contribution in [0.2, 0.25) is 5.02 Å². The van der Waals surface area contributed by atoms with E-state index < -0.39 is 0 Å². The average molecular weight is 360 g/mol. The molecule has 1 aromatic carbocycles. The van der Waals surface area contributed by atoms with Crippen LogP contribution >= 0.6 is 38.9 Å². The molecule has 1 aromatic heterocycles. The minimum atomic E-state index is 0.0687. The summed E-state index contributed by atoms with van der Waals surface area (Å²) in [7, 11) is 0. The molecule has 2 rings (SSSR count). The standard InChI is InChI=1S/C14H16BrClN2S/c1-3-6-17-13(14-18-9(2)8-19-14)11-5-4-10(15)7-12(11)16/h4-5,7-8,13,17H,3,6H2,1-2H3. The average Bonchev–Trinajstić information content (AvgIpc) is 2.78. The molecule has 0 fully saturated rings. The number of hydrogen-bond donors (Lipinski definition) is 1. The van der Waals surface area contributed by atoms with Gasteiger partial charge in [-0.2, -0.15) is 0 Å². The van der Waals surface area contributed by atoms with E-state index in [0.717, 1.165) is 38.7 Å². The second kappa shape index (κ2) is 6.84. The van der Waals surface area contributed by atoms with E-state index in [1.807, 2.05) is 19.1 Å². The highest BCUT2D eigenvalue weighted by atomic mass is 79.9. The number of aryl methyl sites for hydroxylation is 1. The maximum absolute atomic E-state index is 6.37. The van der Waals surface area contributed by atoms with Crippen LogP contribution in [0.15, 0.2) is 28.1 Å². The molecule has 0 aliphatic heterocycles. The molecule has 0 saturated carbocycles. The van der Waals surface area contributed by atoms with Crippen LogP contribution in [0, 0.1) is 6.92 Å². The Morgan fingerprint density at radius 3 is 2.84 bits per heavy atom. The molecule has 0 bridgehead atoms. The van der Waals surface area contributed by atoms with Crippen LogP contribution in [0.25, 0.3) is 0 Å². The molecule has 0 radical (unpaired) electrons. The number of aromatic nitrogens is 1. The van der Waals surface area contributed by atoms with Crippen LogP contribution in [0.4, 0.5) is 0 Å². The number of halogens is 2. The molecule has 0 spiro atoms. The van der Waals surface area contributed by atoms with Gasteiger partial charge in [0.2, 0.25) is 0 Å². The highest BCUT2D eigenvalue weighted by Gasteiger charge is 2.19. The van der Waals surface area contributed by atoms with Crippen molar-refractivity contribution in [1.82, 2.24) is 10.3 Å². The monoisotopic (exact) mass is 358 g/mol. The Morgan fingerprint density at radius 2 is 2.26 bits per heavy atom. The zero-order valence-corrected chi connectivity index (χ0v) is 14.1. The third-order valence-electron chi connectivity index (χ3n) is 2.76. The fourth-order valence-corrected chi connectivity index (χ4v) is 3.53. The van der Waals surface area contributed by atoms with Gasteiger partial charge in [0.05, 0.1) is 6.04 Å². The van der Waals surface area contributed by atoms with Crippen LogP contribution in [0.5, 0.6) is 0 Å². The number of nitrogens with zero attached hydrogens (tertiary/aromatic N) is 1. The molecule has 0 saturated heterocycles. The summed E-state index contributed by atoms with van der Waals surface area (Å²) in [6.07, 6.45) is 1.08. The van der Waals surface area contributed by atoms with E-state index in [1.54, 1.807) is 11.3 Å². The largest absolute Gasteiger partial charge is 0.304 e. The van der Waals surface area contributed by atoms with Crippen molar-refractivity contribution in [2.45, 2.75) is 26.3 Å². The molecular formula is C14H16BrClN2S. The zero-order valence-electron chi connectivity index (χ0n) is 10.9. The summed E-state index contributed by atoms with van der Waals surface area (Å²) in [4.78, 5) is 4.59. The predicted molar refractivity (Wildman–Crippen MR) is 86.1 cm³/mol. The van der Waals surface area contributed by atoms with E-state index in [2.05, 4.69) is 44.6 Å². The number of nitrogens with one attached hydrogen (secondary N) is 1. The molecule has 19 heavy (non-hydrogen) atoms. The van der Waals surface area contributed by atoms with Gasteiger partial charge in [-0.15, -0.1) is 11.3 Å². The molecule has 0 aliphatic rings. The molecular weight excluding hydrogens is 344 g/mol. The lowest BCUT2D eigenvalue weighted by atomic mass is 10.1. The first kappa shape index (κ1) is 15.0. The quantitative estimate of drug-likeness (QED) is 0.816. The molecule has 1 heterocycles. The van der Waals surface area contributed by atoms with Crippen molar-refractivity contribution in [1.29, 1.82) is 0 Å². The summed E-state index contributed by atoms with van der Waals surface area (Å²) in [6, 6.07) is 6.07. The first-order valence-corrected chi connectivity index (χ1v) is 8.27. The van der Waals surface area contributed by atoms with Crippen molar-refractivity contribution >= 4 is 38.9 Å². The second-order valence-corrected chi connectivity index (χ2v) is 6.59. The van der Waals surface area contributed by atoms with Crippen molar-refractivity contribution in [2.75, 3.05) is 6.54 Å². The summed E-state index contributed by atoms with van der Waals surface area (Å²) in [5.74, 6) is 0. The van der Waals surface area contributed by atoms with Crippen molar-refractivity contribution in [3.8, 4) is 0 Å². The van der Waals surface area contributed by atoms with Gasteiger partial charge in [0.15, 0.2) is 0 Å². The molecule has 1 atom stereocenters. The predicted octanol–water partition coefficient (Wildman–Crippen LogP) is 4.96. The van der Waals surface area contributed by atoms with Crippen molar-refractivity contribution < 1.29 is 0 Å². The van der Waals surface area contributed by atoms with E-state index >= 15 is 0 Å². The van der Waals surface area contributed by atoms with Gasteiger partial charge in [-0.25, -0.2) is 4.98 Å². The van der Waals surface area contributed by atoms with E-state index in [0.29, 0.717) is 0 Å². The van der Waals surface area contributed by atoms with Gasteiger partial charge in [0.1, 0.15) is 5.01 Å². The van der Waals surface area contributed by atoms with Gasteiger partial charge in [-0.3, -0.25) is 0 Å². The highest BCUT2D eigenvalue weighted by molar-refractivity contribution is 9.10. The Hall–Kier alpha value is -0.420. The topological polar surface area (TPSA) is 24.9 Å². The summed E-state index contributed by atoms with van der Waals surface area (Å²) >= 11 is 11.5. The molecule has 2 aromatic rings. The lowest BCUT2D eigenvalue weighted by molar-refractivity contribution is 0.595. The molecule has 0 aliphatic carbocycles. The molecule has 2 nitrogen and oxygen atoms in total. The third kappa shape index (κ3) is 3.78. The third-order valence-corrected chi connectivity index (χ3v) is 4.60. The SMILES string of the molecule is CCCNC(c1nc(C)cs1)c1ccc(Br)cc1Cl. The van der Waals surface area contributed by atoms with Crippen LogP contribution < -0.4 is 5.32 Å². The van der Waals surface area contributed by atoms with Gasteiger partial charge in [-0.05, 0) is 37.6 Å². The number of hydrogen-bond acceptors (Lipinski definition) is 3. The van der Waals surface area contributed by atoms with Crippen LogP contribution in [0.3, 0.4) is 0 Å². The normalized spacial score (nSPS) is 12.6. The Balaban J connectivity index is 2.36. The Bertz CT molecular complexity index is 556. The first-order valence-electron chi connectivity index (χ1n) is 6.22. The smallest absolute Gasteiger partial charge is 0.114 e. The molecule has 1 unspecified atom stereocenters. The minimum absolute atomic E-state index is 0.0687. The van der Waals surface area contributed by atoms with Gasteiger partial charge < -0.3 is 5.32 Å². The molecule has 102 valence electrons. The van der Waals surface area contributed by atoms with Crippen LogP contribution in [0.1, 0.15) is 35.7 Å². The summed E-state index contributed by atoms with van der Waals surface area (Å²) in [5.41, 5.74) is 2.13. The summed E-state index contributed by atoms with van der Waals surface area (Å²) in [6.45, 7) is 5.11. The zero-order chi connectivity index (χ0) is 13.8. The highest BCUT2D eigenvalue weighted by Crippen LogP contribution is 2.32. The maximum Gasteiger partial charge on any atom is 0.114 e. The first-order chi connectivity index (χ1) is 9.11. The Kier molecular flexibility index (Phi) is 5.39. The number of thiazole rings is 1. The van der Waals surface area contributed by atoms with Crippen molar-refractivity contribution in [3.05, 3.63) is 49.3 Å². The molecule has 5 heteroatoms. The van der Waals surface area contributed by atoms with Crippen LogP contribution in [-0.2, 0) is 0 Å². The lowest BCUT2D eigenvalue weighted by Gasteiger charge is -2.18. The fraction of sp³-hybridized carbons (Fsp3) is 0.357. The maximum atomic E-state index is 6.37. The Labute approximate surface area is 131 Å². The number of rotatable bonds is 5. The molecule has 1 N–H and O–H groups in total. The van der Waals surface area contributed by atoms with E-state index in [-0.39, 0.29) is 6.04 Å². The lowest BCUT2D eigenvalue weighted by Crippen LogP contribution is -2.23. The van der Waals surface area contributed by atoms with E-state index in [1.165, 1.54) is 0 Å².